The van der Waals surface area contributed by atoms with Gasteiger partial charge in [-0.2, -0.15) is 0 Å². The van der Waals surface area contributed by atoms with E-state index in [1.807, 2.05) is 0 Å². The number of carbonyl (C=O) groups excluding carboxylic acids is 1. The molecule has 0 aromatic heterocycles. The van der Waals surface area contributed by atoms with Crippen LogP contribution in [0.3, 0.4) is 0 Å². The van der Waals surface area contributed by atoms with Crippen molar-refractivity contribution in [3.8, 4) is 11.5 Å². The Morgan fingerprint density at radius 2 is 2.16 bits per heavy atom. The predicted octanol–water partition coefficient (Wildman–Crippen LogP) is 1.70. The van der Waals surface area contributed by atoms with Crippen molar-refractivity contribution < 1.29 is 19.4 Å². The molecule has 1 amide bonds. The number of phenols is 1. The van der Waals surface area contributed by atoms with Crippen LogP contribution in [0.2, 0.25) is 0 Å². The molecule has 0 radical (unpaired) electrons. The Morgan fingerprint density at radius 3 is 2.79 bits per heavy atom. The van der Waals surface area contributed by atoms with Crippen LogP contribution in [0, 0.1) is 0 Å². The van der Waals surface area contributed by atoms with Gasteiger partial charge in [0.25, 0.3) is 5.91 Å². The smallest absolute Gasteiger partial charge is 0.255 e. The second-order valence-corrected chi connectivity index (χ2v) is 4.72. The van der Waals surface area contributed by atoms with Crippen LogP contribution in [-0.2, 0) is 4.74 Å². The van der Waals surface area contributed by atoms with Gasteiger partial charge in [0.1, 0.15) is 11.5 Å². The largest absolute Gasteiger partial charge is 0.507 e. The number of hydrogen-bond donors (Lipinski definition) is 2. The zero-order chi connectivity index (χ0) is 13.8. The summed E-state index contributed by atoms with van der Waals surface area (Å²) >= 11 is 0. The maximum Gasteiger partial charge on any atom is 0.255 e. The van der Waals surface area contributed by atoms with Crippen LogP contribution in [-0.4, -0.2) is 37.4 Å². The topological polar surface area (TPSA) is 67.8 Å². The third-order valence-electron chi connectivity index (χ3n) is 3.50. The van der Waals surface area contributed by atoms with Crippen LogP contribution in [0.5, 0.6) is 11.5 Å². The number of hydrogen-bond acceptors (Lipinski definition) is 4. The molecule has 0 saturated heterocycles. The van der Waals surface area contributed by atoms with E-state index in [1.165, 1.54) is 19.2 Å². The van der Waals surface area contributed by atoms with Gasteiger partial charge in [0, 0.05) is 13.2 Å². The van der Waals surface area contributed by atoms with E-state index in [1.54, 1.807) is 13.2 Å². The van der Waals surface area contributed by atoms with Crippen molar-refractivity contribution in [1.82, 2.24) is 5.32 Å². The van der Waals surface area contributed by atoms with Crippen LogP contribution in [0.25, 0.3) is 0 Å². The highest BCUT2D eigenvalue weighted by atomic mass is 16.5. The molecule has 2 unspecified atom stereocenters. The summed E-state index contributed by atoms with van der Waals surface area (Å²) in [6.07, 6.45) is 2.87. The van der Waals surface area contributed by atoms with E-state index >= 15 is 0 Å². The zero-order valence-corrected chi connectivity index (χ0v) is 11.2. The lowest BCUT2D eigenvalue weighted by Crippen LogP contribution is -2.33. The summed E-state index contributed by atoms with van der Waals surface area (Å²) in [5, 5.41) is 12.6. The average Bonchev–Trinajstić information content (AvgIpc) is 2.87. The number of amides is 1. The predicted molar refractivity (Wildman–Crippen MR) is 70.6 cm³/mol. The molecule has 2 rings (SSSR count). The number of aromatic hydroxyl groups is 1. The molecule has 0 heterocycles. The number of benzene rings is 1. The Hall–Kier alpha value is -1.75. The van der Waals surface area contributed by atoms with Gasteiger partial charge in [-0.3, -0.25) is 4.79 Å². The van der Waals surface area contributed by atoms with Crippen molar-refractivity contribution in [3.05, 3.63) is 23.8 Å². The molecule has 1 saturated carbocycles. The van der Waals surface area contributed by atoms with Gasteiger partial charge in [0.2, 0.25) is 0 Å². The molecule has 104 valence electrons. The minimum atomic E-state index is -0.279. The molecule has 5 heteroatoms. The Kier molecular flexibility index (Phi) is 4.27. The molecule has 19 heavy (non-hydrogen) atoms. The van der Waals surface area contributed by atoms with E-state index in [0.29, 0.717) is 5.75 Å². The van der Waals surface area contributed by atoms with Crippen molar-refractivity contribution in [3.63, 3.8) is 0 Å². The molecule has 0 bridgehead atoms. The lowest BCUT2D eigenvalue weighted by atomic mass is 10.1. The fourth-order valence-corrected chi connectivity index (χ4v) is 2.37. The van der Waals surface area contributed by atoms with Crippen molar-refractivity contribution in [2.75, 3.05) is 14.2 Å². The second kappa shape index (κ2) is 5.93. The molecule has 1 fully saturated rings. The molecule has 2 atom stereocenters. The van der Waals surface area contributed by atoms with E-state index < -0.39 is 0 Å². The highest BCUT2D eigenvalue weighted by Crippen LogP contribution is 2.25. The maximum atomic E-state index is 12.1. The van der Waals surface area contributed by atoms with E-state index in [0.717, 1.165) is 19.3 Å². The van der Waals surface area contributed by atoms with E-state index in [-0.39, 0.29) is 29.4 Å². The first kappa shape index (κ1) is 13.7. The normalized spacial score (nSPS) is 22.2. The molecule has 1 aliphatic rings. The average molecular weight is 265 g/mol. The van der Waals surface area contributed by atoms with Crippen molar-refractivity contribution in [1.29, 1.82) is 0 Å². The molecule has 0 aliphatic heterocycles. The minimum Gasteiger partial charge on any atom is -0.507 e. The van der Waals surface area contributed by atoms with E-state index in [2.05, 4.69) is 5.32 Å². The summed E-state index contributed by atoms with van der Waals surface area (Å²) in [5.74, 6) is 0.224. The third-order valence-corrected chi connectivity index (χ3v) is 3.50. The van der Waals surface area contributed by atoms with Crippen LogP contribution in [0.1, 0.15) is 29.6 Å². The second-order valence-electron chi connectivity index (χ2n) is 4.72. The number of rotatable bonds is 4. The lowest BCUT2D eigenvalue weighted by Gasteiger charge is -2.14. The fraction of sp³-hybridized carbons (Fsp3) is 0.500. The van der Waals surface area contributed by atoms with Gasteiger partial charge in [0.05, 0.1) is 18.8 Å². The van der Waals surface area contributed by atoms with Crippen molar-refractivity contribution in [2.24, 2.45) is 0 Å². The minimum absolute atomic E-state index is 0.0420. The van der Waals surface area contributed by atoms with Crippen molar-refractivity contribution >= 4 is 5.91 Å². The molecular weight excluding hydrogens is 246 g/mol. The first-order valence-corrected chi connectivity index (χ1v) is 6.34. The Balaban J connectivity index is 2.04. The van der Waals surface area contributed by atoms with E-state index in [4.69, 9.17) is 9.47 Å². The zero-order valence-electron chi connectivity index (χ0n) is 11.2. The molecule has 1 aromatic rings. The van der Waals surface area contributed by atoms with Gasteiger partial charge in [-0.05, 0) is 37.5 Å². The first-order valence-electron chi connectivity index (χ1n) is 6.34. The lowest BCUT2D eigenvalue weighted by molar-refractivity contribution is 0.0912. The maximum absolute atomic E-state index is 12.1. The summed E-state index contributed by atoms with van der Waals surface area (Å²) in [4.78, 5) is 12.1. The quantitative estimate of drug-likeness (QED) is 0.869. The van der Waals surface area contributed by atoms with Crippen LogP contribution in [0.15, 0.2) is 18.2 Å². The summed E-state index contributed by atoms with van der Waals surface area (Å²) < 4.78 is 10.3. The molecule has 5 nitrogen and oxygen atoms in total. The summed E-state index contributed by atoms with van der Waals surface area (Å²) in [6.45, 7) is 0. The first-order chi connectivity index (χ1) is 9.13. The summed E-state index contributed by atoms with van der Waals surface area (Å²) in [6, 6.07) is 4.71. The van der Waals surface area contributed by atoms with Crippen LogP contribution in [0.4, 0.5) is 0 Å². The highest BCUT2D eigenvalue weighted by molar-refractivity contribution is 5.97. The monoisotopic (exact) mass is 265 g/mol. The molecule has 1 aliphatic carbocycles. The number of phenolic OH excluding ortho intramolecular Hbond substituents is 1. The third kappa shape index (κ3) is 3.17. The number of carbonyl (C=O) groups is 1. The molecular formula is C14H19NO4. The SMILES string of the molecule is COc1ccc(O)c(C(=O)NC2CCC(OC)C2)c1. The van der Waals surface area contributed by atoms with Crippen LogP contribution < -0.4 is 10.1 Å². The van der Waals surface area contributed by atoms with Crippen molar-refractivity contribution in [2.45, 2.75) is 31.4 Å². The molecule has 1 aromatic carbocycles. The van der Waals surface area contributed by atoms with E-state index in [9.17, 15) is 9.90 Å². The Labute approximate surface area is 112 Å². The standard InChI is InChI=1S/C14H19NO4/c1-18-10-4-3-9(7-10)15-14(17)12-8-11(19-2)5-6-13(12)16/h5-6,8-10,16H,3-4,7H2,1-2H3,(H,15,17). The Morgan fingerprint density at radius 1 is 1.37 bits per heavy atom. The van der Waals surface area contributed by atoms with Gasteiger partial charge >= 0.3 is 0 Å². The van der Waals surface area contributed by atoms with Gasteiger partial charge in [0.15, 0.2) is 0 Å². The Bertz CT molecular complexity index is 461. The van der Waals surface area contributed by atoms with Gasteiger partial charge in [-0.25, -0.2) is 0 Å². The van der Waals surface area contributed by atoms with Gasteiger partial charge in [-0.15, -0.1) is 0 Å². The summed E-state index contributed by atoms with van der Waals surface area (Å²) in [7, 11) is 3.21. The van der Waals surface area contributed by atoms with Gasteiger partial charge in [-0.1, -0.05) is 0 Å². The fourth-order valence-electron chi connectivity index (χ4n) is 2.37. The highest BCUT2D eigenvalue weighted by Gasteiger charge is 2.26. The van der Waals surface area contributed by atoms with Crippen LogP contribution >= 0.6 is 0 Å². The number of methoxy groups -OCH3 is 2. The number of ether oxygens (including phenoxy) is 2. The molecule has 0 spiro atoms. The summed E-state index contributed by atoms with van der Waals surface area (Å²) in [5.41, 5.74) is 0.236. The van der Waals surface area contributed by atoms with Gasteiger partial charge < -0.3 is 19.9 Å². The number of nitrogens with one attached hydrogen (secondary N) is 1. The molecule has 2 N–H and O–H groups in total.